The predicted octanol–water partition coefficient (Wildman–Crippen LogP) is 3.83. The van der Waals surface area contributed by atoms with Crippen LogP contribution >= 0.6 is 11.6 Å². The van der Waals surface area contributed by atoms with Crippen molar-refractivity contribution in [1.29, 1.82) is 0 Å². The number of benzene rings is 1. The Kier molecular flexibility index (Phi) is 5.44. The molecule has 0 heterocycles. The number of carboxylic acid groups (broad SMARTS) is 1. The lowest BCUT2D eigenvalue weighted by Gasteiger charge is -2.20. The van der Waals surface area contributed by atoms with Crippen LogP contribution in [0.15, 0.2) is 24.3 Å². The minimum Gasteiger partial charge on any atom is -0.478 e. The van der Waals surface area contributed by atoms with Gasteiger partial charge >= 0.3 is 12.1 Å². The van der Waals surface area contributed by atoms with Crippen molar-refractivity contribution in [2.75, 3.05) is 18.5 Å². The van der Waals surface area contributed by atoms with E-state index in [-0.39, 0.29) is 11.6 Å². The first-order valence-corrected chi connectivity index (χ1v) is 6.05. The number of aliphatic carboxylic acids is 1. The second kappa shape index (κ2) is 6.65. The molecule has 0 unspecified atom stereocenters. The molecule has 0 amide bonds. The van der Waals surface area contributed by atoms with Gasteiger partial charge in [0.25, 0.3) is 0 Å². The average Bonchev–Trinajstić information content (AvgIpc) is 2.33. The molecule has 0 aromatic heterocycles. The van der Waals surface area contributed by atoms with E-state index in [0.717, 1.165) is 6.08 Å². The maximum absolute atomic E-state index is 12.1. The zero-order chi connectivity index (χ0) is 15.3. The summed E-state index contributed by atoms with van der Waals surface area (Å²) in [6.45, 7) is -0.176. The summed E-state index contributed by atoms with van der Waals surface area (Å²) in [7, 11) is 1.53. The van der Waals surface area contributed by atoms with Crippen LogP contribution in [0.25, 0.3) is 6.08 Å². The number of halogens is 4. The molecule has 7 heteroatoms. The molecule has 1 aromatic rings. The van der Waals surface area contributed by atoms with Crippen molar-refractivity contribution >= 4 is 29.3 Å². The Morgan fingerprint density at radius 3 is 2.60 bits per heavy atom. The van der Waals surface area contributed by atoms with Gasteiger partial charge in [-0.3, -0.25) is 0 Å². The van der Waals surface area contributed by atoms with Crippen LogP contribution in [0.1, 0.15) is 12.0 Å². The van der Waals surface area contributed by atoms with Gasteiger partial charge in [0.15, 0.2) is 0 Å². The fourth-order valence-corrected chi connectivity index (χ4v) is 1.71. The Hall–Kier alpha value is -1.69. The third kappa shape index (κ3) is 5.52. The van der Waals surface area contributed by atoms with Crippen LogP contribution in [0, 0.1) is 0 Å². The van der Waals surface area contributed by atoms with Gasteiger partial charge in [0.05, 0.1) is 6.42 Å². The summed E-state index contributed by atoms with van der Waals surface area (Å²) in [5.41, 5.74) is 1.02. The second-order valence-electron chi connectivity index (χ2n) is 4.16. The van der Waals surface area contributed by atoms with Gasteiger partial charge in [0.2, 0.25) is 0 Å². The van der Waals surface area contributed by atoms with E-state index >= 15 is 0 Å². The zero-order valence-electron chi connectivity index (χ0n) is 10.6. The van der Waals surface area contributed by atoms with Crippen LogP contribution in [-0.2, 0) is 4.79 Å². The minimum atomic E-state index is -4.21. The van der Waals surface area contributed by atoms with Crippen LogP contribution in [0.5, 0.6) is 0 Å². The predicted molar refractivity (Wildman–Crippen MR) is 72.1 cm³/mol. The number of hydrogen-bond donors (Lipinski definition) is 1. The van der Waals surface area contributed by atoms with Gasteiger partial charge in [-0.25, -0.2) is 4.79 Å². The number of carbonyl (C=O) groups is 1. The largest absolute Gasteiger partial charge is 0.478 e. The highest BCUT2D eigenvalue weighted by molar-refractivity contribution is 6.32. The summed E-state index contributed by atoms with van der Waals surface area (Å²) in [5.74, 6) is -1.10. The first-order valence-electron chi connectivity index (χ1n) is 5.67. The van der Waals surface area contributed by atoms with E-state index in [0.29, 0.717) is 11.3 Å². The highest BCUT2D eigenvalue weighted by Crippen LogP contribution is 2.26. The molecule has 0 fully saturated rings. The lowest BCUT2D eigenvalue weighted by atomic mass is 10.1. The van der Waals surface area contributed by atoms with Crippen molar-refractivity contribution in [1.82, 2.24) is 0 Å². The van der Waals surface area contributed by atoms with E-state index in [4.69, 9.17) is 16.7 Å². The highest BCUT2D eigenvalue weighted by atomic mass is 35.5. The molecule has 0 saturated heterocycles. The van der Waals surface area contributed by atoms with Gasteiger partial charge in [-0.1, -0.05) is 17.7 Å². The molecule has 0 spiro atoms. The van der Waals surface area contributed by atoms with Gasteiger partial charge in [-0.15, -0.1) is 0 Å². The molecule has 110 valence electrons. The SMILES string of the molecule is CN(CCC(F)(F)F)c1ccc(/C=C/C(=O)O)c(Cl)c1. The van der Waals surface area contributed by atoms with E-state index in [1.54, 1.807) is 12.1 Å². The fourth-order valence-electron chi connectivity index (χ4n) is 1.47. The number of nitrogens with zero attached hydrogens (tertiary/aromatic N) is 1. The molecule has 20 heavy (non-hydrogen) atoms. The molecule has 0 aliphatic rings. The van der Waals surface area contributed by atoms with Crippen LogP contribution in [0.4, 0.5) is 18.9 Å². The van der Waals surface area contributed by atoms with Crippen molar-refractivity contribution in [3.05, 3.63) is 34.9 Å². The van der Waals surface area contributed by atoms with Crippen LogP contribution < -0.4 is 4.90 Å². The van der Waals surface area contributed by atoms with Crippen molar-refractivity contribution in [2.45, 2.75) is 12.6 Å². The number of carboxylic acids is 1. The van der Waals surface area contributed by atoms with E-state index in [2.05, 4.69) is 0 Å². The Labute approximate surface area is 119 Å². The molecular formula is C13H13ClF3NO2. The third-order valence-electron chi connectivity index (χ3n) is 2.56. The summed E-state index contributed by atoms with van der Waals surface area (Å²) < 4.78 is 36.4. The maximum Gasteiger partial charge on any atom is 0.390 e. The molecule has 0 bridgehead atoms. The minimum absolute atomic E-state index is 0.176. The first-order chi connectivity index (χ1) is 9.19. The lowest BCUT2D eigenvalue weighted by molar-refractivity contribution is -0.132. The van der Waals surface area contributed by atoms with Gasteiger partial charge in [0, 0.05) is 30.4 Å². The van der Waals surface area contributed by atoms with E-state index in [1.165, 1.54) is 24.1 Å². The molecule has 0 radical (unpaired) electrons. The number of alkyl halides is 3. The number of hydrogen-bond acceptors (Lipinski definition) is 2. The molecule has 0 saturated carbocycles. The molecule has 3 nitrogen and oxygen atoms in total. The second-order valence-corrected chi connectivity index (χ2v) is 4.57. The Morgan fingerprint density at radius 1 is 1.45 bits per heavy atom. The van der Waals surface area contributed by atoms with Crippen LogP contribution in [-0.4, -0.2) is 30.8 Å². The Bertz CT molecular complexity index is 515. The summed E-state index contributed by atoms with van der Waals surface area (Å²) in [4.78, 5) is 11.8. The van der Waals surface area contributed by atoms with Gasteiger partial charge in [-0.2, -0.15) is 13.2 Å². The Morgan fingerprint density at radius 2 is 2.10 bits per heavy atom. The molecule has 1 aromatic carbocycles. The quantitative estimate of drug-likeness (QED) is 0.841. The average molecular weight is 308 g/mol. The fraction of sp³-hybridized carbons (Fsp3) is 0.308. The number of anilines is 1. The van der Waals surface area contributed by atoms with Crippen molar-refractivity contribution in [3.63, 3.8) is 0 Å². The summed E-state index contributed by atoms with van der Waals surface area (Å²) in [5, 5.41) is 8.79. The van der Waals surface area contributed by atoms with Gasteiger partial charge in [0.1, 0.15) is 0 Å². The van der Waals surface area contributed by atoms with Gasteiger partial charge < -0.3 is 10.0 Å². The first kappa shape index (κ1) is 16.4. The topological polar surface area (TPSA) is 40.5 Å². The standard InChI is InChI=1S/C13H13ClF3NO2/c1-18(7-6-13(15,16)17)10-4-2-9(11(14)8-10)3-5-12(19)20/h2-5,8H,6-7H2,1H3,(H,19,20)/b5-3+. The summed E-state index contributed by atoms with van der Waals surface area (Å²) >= 11 is 5.95. The molecule has 0 atom stereocenters. The van der Waals surface area contributed by atoms with Crippen LogP contribution in [0.3, 0.4) is 0 Å². The van der Waals surface area contributed by atoms with Crippen molar-refractivity contribution in [2.24, 2.45) is 0 Å². The number of rotatable bonds is 5. The molecule has 0 aliphatic carbocycles. The summed E-state index contributed by atoms with van der Waals surface area (Å²) in [6.07, 6.45) is -2.86. The molecule has 1 rings (SSSR count). The monoisotopic (exact) mass is 307 g/mol. The zero-order valence-corrected chi connectivity index (χ0v) is 11.4. The summed E-state index contributed by atoms with van der Waals surface area (Å²) in [6, 6.07) is 4.64. The Balaban J connectivity index is 2.78. The molecular weight excluding hydrogens is 295 g/mol. The molecule has 1 N–H and O–H groups in total. The molecule has 0 aliphatic heterocycles. The van der Waals surface area contributed by atoms with Crippen molar-refractivity contribution in [3.8, 4) is 0 Å². The maximum atomic E-state index is 12.1. The van der Waals surface area contributed by atoms with E-state index in [9.17, 15) is 18.0 Å². The van der Waals surface area contributed by atoms with Gasteiger partial charge in [-0.05, 0) is 23.8 Å². The lowest BCUT2D eigenvalue weighted by Crippen LogP contribution is -2.23. The van der Waals surface area contributed by atoms with Crippen molar-refractivity contribution < 1.29 is 23.1 Å². The smallest absolute Gasteiger partial charge is 0.390 e. The van der Waals surface area contributed by atoms with E-state index in [1.807, 2.05) is 0 Å². The third-order valence-corrected chi connectivity index (χ3v) is 2.89. The van der Waals surface area contributed by atoms with Crippen LogP contribution in [0.2, 0.25) is 5.02 Å². The highest BCUT2D eigenvalue weighted by Gasteiger charge is 2.27. The normalized spacial score (nSPS) is 11.8. The van der Waals surface area contributed by atoms with E-state index < -0.39 is 18.6 Å².